The summed E-state index contributed by atoms with van der Waals surface area (Å²) in [4.78, 5) is 0.494. The molecule has 0 fully saturated rings. The molecule has 0 amide bonds. The number of hydrogen-bond donors (Lipinski definition) is 1. The van der Waals surface area contributed by atoms with Gasteiger partial charge in [-0.2, -0.15) is 0 Å². The first-order chi connectivity index (χ1) is 9.20. The van der Waals surface area contributed by atoms with Crippen molar-refractivity contribution in [3.8, 4) is 0 Å². The van der Waals surface area contributed by atoms with Gasteiger partial charge in [-0.05, 0) is 17.7 Å². The van der Waals surface area contributed by atoms with Crippen molar-refractivity contribution in [2.45, 2.75) is 10.6 Å². The maximum atomic E-state index is 13.6. The minimum absolute atomic E-state index is 0.341. The first-order valence-electron chi connectivity index (χ1n) is 5.54. The molecular formula is C14H11F2NOS. The lowest BCUT2D eigenvalue weighted by Gasteiger charge is -2.05. The van der Waals surface area contributed by atoms with Crippen LogP contribution in [0.15, 0.2) is 52.5 Å². The van der Waals surface area contributed by atoms with Gasteiger partial charge in [0.05, 0.1) is 11.8 Å². The standard InChI is InChI=1S/C14H11F2NOS/c15-13-6-11(7-14(16)12(13)8-17-18)19-9-10-4-2-1-3-5-10/h1-8,18H,9H2/b17-8+. The topological polar surface area (TPSA) is 32.6 Å². The van der Waals surface area contributed by atoms with Gasteiger partial charge in [0.2, 0.25) is 0 Å². The normalized spacial score (nSPS) is 11.1. The van der Waals surface area contributed by atoms with E-state index in [2.05, 4.69) is 5.16 Å². The molecule has 2 nitrogen and oxygen atoms in total. The molecule has 5 heteroatoms. The van der Waals surface area contributed by atoms with E-state index < -0.39 is 11.6 Å². The Morgan fingerprint density at radius 2 is 1.74 bits per heavy atom. The molecule has 0 saturated carbocycles. The lowest BCUT2D eigenvalue weighted by atomic mass is 10.2. The van der Waals surface area contributed by atoms with Gasteiger partial charge in [-0.15, -0.1) is 11.8 Å². The van der Waals surface area contributed by atoms with Gasteiger partial charge in [0.25, 0.3) is 0 Å². The minimum Gasteiger partial charge on any atom is -0.411 e. The molecule has 0 bridgehead atoms. The highest BCUT2D eigenvalue weighted by Crippen LogP contribution is 2.26. The summed E-state index contributed by atoms with van der Waals surface area (Å²) < 4.78 is 27.1. The summed E-state index contributed by atoms with van der Waals surface area (Å²) >= 11 is 1.34. The zero-order valence-corrected chi connectivity index (χ0v) is 10.7. The van der Waals surface area contributed by atoms with Gasteiger partial charge >= 0.3 is 0 Å². The number of halogens is 2. The van der Waals surface area contributed by atoms with Crippen LogP contribution in [-0.4, -0.2) is 11.4 Å². The molecule has 0 atom stereocenters. The Morgan fingerprint density at radius 3 is 2.32 bits per heavy atom. The third-order valence-corrected chi connectivity index (χ3v) is 3.53. The van der Waals surface area contributed by atoms with Crippen molar-refractivity contribution < 1.29 is 14.0 Å². The lowest BCUT2D eigenvalue weighted by Crippen LogP contribution is -1.95. The van der Waals surface area contributed by atoms with Gasteiger partial charge < -0.3 is 5.21 Å². The van der Waals surface area contributed by atoms with E-state index in [0.717, 1.165) is 11.8 Å². The molecule has 19 heavy (non-hydrogen) atoms. The summed E-state index contributed by atoms with van der Waals surface area (Å²) in [5, 5.41) is 11.0. The second-order valence-corrected chi connectivity index (χ2v) is 4.87. The third-order valence-electron chi connectivity index (χ3n) is 2.49. The Morgan fingerprint density at radius 1 is 1.11 bits per heavy atom. The first kappa shape index (κ1) is 13.5. The Labute approximate surface area is 113 Å². The molecule has 0 aliphatic rings. The summed E-state index contributed by atoms with van der Waals surface area (Å²) in [5.41, 5.74) is 0.737. The van der Waals surface area contributed by atoms with Crippen molar-refractivity contribution in [2.24, 2.45) is 5.16 Å². The molecule has 0 radical (unpaired) electrons. The van der Waals surface area contributed by atoms with Crippen LogP contribution in [0.1, 0.15) is 11.1 Å². The maximum Gasteiger partial charge on any atom is 0.136 e. The second kappa shape index (κ2) is 6.33. The van der Waals surface area contributed by atoms with Gasteiger partial charge in [0, 0.05) is 10.6 Å². The fourth-order valence-electron chi connectivity index (χ4n) is 1.57. The summed E-state index contributed by atoms with van der Waals surface area (Å²) in [6, 6.07) is 12.1. The summed E-state index contributed by atoms with van der Waals surface area (Å²) in [6.07, 6.45) is 0.746. The highest BCUT2D eigenvalue weighted by Gasteiger charge is 2.10. The molecule has 2 aromatic carbocycles. The molecule has 2 rings (SSSR count). The van der Waals surface area contributed by atoms with Gasteiger partial charge in [-0.3, -0.25) is 0 Å². The Bertz CT molecular complexity index is 564. The van der Waals surface area contributed by atoms with Crippen LogP contribution in [-0.2, 0) is 5.75 Å². The predicted octanol–water partition coefficient (Wildman–Crippen LogP) is 4.07. The van der Waals surface area contributed by atoms with Gasteiger partial charge in [-0.1, -0.05) is 35.5 Å². The van der Waals surface area contributed by atoms with E-state index in [1.165, 1.54) is 23.9 Å². The molecule has 0 unspecified atom stereocenters. The van der Waals surface area contributed by atoms with E-state index in [9.17, 15) is 8.78 Å². The van der Waals surface area contributed by atoms with Gasteiger partial charge in [0.1, 0.15) is 11.6 Å². The van der Waals surface area contributed by atoms with Crippen molar-refractivity contribution in [3.05, 3.63) is 65.2 Å². The Balaban J connectivity index is 2.14. The van der Waals surface area contributed by atoms with Crippen LogP contribution in [0.4, 0.5) is 8.78 Å². The molecule has 2 aromatic rings. The fraction of sp³-hybridized carbons (Fsp3) is 0.0714. The van der Waals surface area contributed by atoms with Gasteiger partial charge in [0.15, 0.2) is 0 Å². The lowest BCUT2D eigenvalue weighted by molar-refractivity contribution is 0.321. The maximum absolute atomic E-state index is 13.6. The molecule has 0 saturated heterocycles. The van der Waals surface area contributed by atoms with E-state index in [1.807, 2.05) is 30.3 Å². The van der Waals surface area contributed by atoms with Crippen LogP contribution in [0.25, 0.3) is 0 Å². The van der Waals surface area contributed by atoms with E-state index in [0.29, 0.717) is 10.6 Å². The van der Waals surface area contributed by atoms with Crippen LogP contribution in [0.5, 0.6) is 0 Å². The quantitative estimate of drug-likeness (QED) is 0.396. The highest BCUT2D eigenvalue weighted by atomic mass is 32.2. The largest absolute Gasteiger partial charge is 0.411 e. The molecular weight excluding hydrogens is 268 g/mol. The van der Waals surface area contributed by atoms with Crippen molar-refractivity contribution in [1.82, 2.24) is 0 Å². The van der Waals surface area contributed by atoms with Crippen molar-refractivity contribution in [3.63, 3.8) is 0 Å². The van der Waals surface area contributed by atoms with Crippen LogP contribution in [0, 0.1) is 11.6 Å². The highest BCUT2D eigenvalue weighted by molar-refractivity contribution is 7.98. The molecule has 0 spiro atoms. The molecule has 0 aliphatic heterocycles. The van der Waals surface area contributed by atoms with E-state index in [-0.39, 0.29) is 5.56 Å². The summed E-state index contributed by atoms with van der Waals surface area (Å²) in [6.45, 7) is 0. The van der Waals surface area contributed by atoms with Crippen molar-refractivity contribution in [2.75, 3.05) is 0 Å². The van der Waals surface area contributed by atoms with Crippen LogP contribution < -0.4 is 0 Å². The Kier molecular flexibility index (Phi) is 4.52. The number of hydrogen-bond acceptors (Lipinski definition) is 3. The number of nitrogens with zero attached hydrogens (tertiary/aromatic N) is 1. The van der Waals surface area contributed by atoms with E-state index in [1.54, 1.807) is 0 Å². The van der Waals surface area contributed by atoms with Crippen molar-refractivity contribution >= 4 is 18.0 Å². The number of rotatable bonds is 4. The second-order valence-electron chi connectivity index (χ2n) is 3.82. The van der Waals surface area contributed by atoms with Crippen LogP contribution in [0.2, 0.25) is 0 Å². The average Bonchev–Trinajstić information content (AvgIpc) is 2.42. The number of benzene rings is 2. The molecule has 0 heterocycles. The molecule has 0 aliphatic carbocycles. The SMILES string of the molecule is O/N=C/c1c(F)cc(SCc2ccccc2)cc1F. The number of thioether (sulfide) groups is 1. The first-order valence-corrected chi connectivity index (χ1v) is 6.52. The van der Waals surface area contributed by atoms with Crippen molar-refractivity contribution in [1.29, 1.82) is 0 Å². The van der Waals surface area contributed by atoms with E-state index in [4.69, 9.17) is 5.21 Å². The van der Waals surface area contributed by atoms with Crippen LogP contribution >= 0.6 is 11.8 Å². The predicted molar refractivity (Wildman–Crippen MR) is 71.7 cm³/mol. The summed E-state index contributed by atoms with van der Waals surface area (Å²) in [7, 11) is 0. The van der Waals surface area contributed by atoms with Crippen LogP contribution in [0.3, 0.4) is 0 Å². The smallest absolute Gasteiger partial charge is 0.136 e. The average molecular weight is 279 g/mol. The minimum atomic E-state index is -0.742. The molecule has 98 valence electrons. The summed E-state index contributed by atoms with van der Waals surface area (Å²) in [5.74, 6) is -0.852. The third kappa shape index (κ3) is 3.54. The zero-order chi connectivity index (χ0) is 13.7. The Hall–Kier alpha value is -1.88. The number of oxime groups is 1. The molecule has 1 N–H and O–H groups in total. The molecule has 0 aromatic heterocycles. The van der Waals surface area contributed by atoms with E-state index >= 15 is 0 Å². The monoisotopic (exact) mass is 279 g/mol. The van der Waals surface area contributed by atoms with Gasteiger partial charge in [-0.25, -0.2) is 8.78 Å². The zero-order valence-electron chi connectivity index (χ0n) is 9.88. The fourth-order valence-corrected chi connectivity index (χ4v) is 2.47.